The minimum Gasteiger partial charge on any atom is -0.337 e. The molecule has 0 spiro atoms. The number of aromatic nitrogens is 3. The fourth-order valence-corrected chi connectivity index (χ4v) is 2.36. The predicted molar refractivity (Wildman–Crippen MR) is 68.3 cm³/mol. The second-order valence-electron chi connectivity index (χ2n) is 3.90. The fraction of sp³-hybridized carbons (Fsp3) is 0.400. The molecule has 0 radical (unpaired) electrons. The summed E-state index contributed by atoms with van der Waals surface area (Å²) >= 11 is 1.56. The molecule has 2 rings (SSSR count). The van der Waals surface area contributed by atoms with Gasteiger partial charge in [-0.05, 0) is 7.05 Å². The first-order chi connectivity index (χ1) is 8.19. The average molecular weight is 252 g/mol. The summed E-state index contributed by atoms with van der Waals surface area (Å²) in [6.07, 6.45) is 5.60. The molecule has 0 bridgehead atoms. The van der Waals surface area contributed by atoms with Gasteiger partial charge in [0.2, 0.25) is 0 Å². The Balaban J connectivity index is 1.93. The monoisotopic (exact) mass is 252 g/mol. The zero-order chi connectivity index (χ0) is 12.3. The molecule has 0 aliphatic carbocycles. The van der Waals surface area contributed by atoms with Crippen LogP contribution in [0.2, 0.25) is 0 Å². The van der Waals surface area contributed by atoms with Crippen molar-refractivity contribution in [2.24, 2.45) is 12.9 Å². The van der Waals surface area contributed by atoms with Gasteiger partial charge in [-0.15, -0.1) is 0 Å². The number of nitrogens with zero attached hydrogens (tertiary/aromatic N) is 4. The highest BCUT2D eigenvalue weighted by Crippen LogP contribution is 2.18. The number of hydrazine groups is 1. The lowest BCUT2D eigenvalue weighted by atomic mass is 10.4. The Morgan fingerprint density at radius 1 is 1.47 bits per heavy atom. The molecule has 2 aromatic heterocycles. The molecule has 0 aliphatic rings. The summed E-state index contributed by atoms with van der Waals surface area (Å²) in [5.74, 6) is 6.34. The molecule has 17 heavy (non-hydrogen) atoms. The first-order valence-electron chi connectivity index (χ1n) is 5.25. The summed E-state index contributed by atoms with van der Waals surface area (Å²) in [7, 11) is 4.06. The van der Waals surface area contributed by atoms with Gasteiger partial charge in [-0.2, -0.15) is 0 Å². The quantitative estimate of drug-likeness (QED) is 0.608. The molecule has 0 saturated heterocycles. The smallest absolute Gasteiger partial charge is 0.197 e. The van der Waals surface area contributed by atoms with Gasteiger partial charge in [-0.3, -0.25) is 10.3 Å². The molecule has 0 fully saturated rings. The van der Waals surface area contributed by atoms with Crippen molar-refractivity contribution < 1.29 is 0 Å². The molecule has 7 heteroatoms. The van der Waals surface area contributed by atoms with Crippen LogP contribution in [0, 0.1) is 0 Å². The van der Waals surface area contributed by atoms with Crippen LogP contribution in [-0.4, -0.2) is 26.5 Å². The largest absolute Gasteiger partial charge is 0.337 e. The Bertz CT molecular complexity index is 477. The highest BCUT2D eigenvalue weighted by molar-refractivity contribution is 7.15. The molecular formula is C10H16N6S. The number of nitrogens with two attached hydrogens (primary N) is 1. The second kappa shape index (κ2) is 5.26. The Kier molecular flexibility index (Phi) is 3.72. The Labute approximate surface area is 104 Å². The maximum absolute atomic E-state index is 5.29. The van der Waals surface area contributed by atoms with Gasteiger partial charge in [0, 0.05) is 37.1 Å². The van der Waals surface area contributed by atoms with Crippen molar-refractivity contribution in [1.29, 1.82) is 0 Å². The van der Waals surface area contributed by atoms with Crippen molar-refractivity contribution >= 4 is 16.5 Å². The number of thiazole rings is 1. The Morgan fingerprint density at radius 3 is 2.88 bits per heavy atom. The van der Waals surface area contributed by atoms with Crippen LogP contribution >= 0.6 is 11.3 Å². The van der Waals surface area contributed by atoms with E-state index >= 15 is 0 Å². The van der Waals surface area contributed by atoms with Crippen molar-refractivity contribution in [2.45, 2.75) is 13.1 Å². The first kappa shape index (κ1) is 12.0. The van der Waals surface area contributed by atoms with Gasteiger partial charge in [0.05, 0.1) is 6.54 Å². The van der Waals surface area contributed by atoms with Crippen LogP contribution in [0.1, 0.15) is 10.7 Å². The SMILES string of the molecule is CN(Cc1cnc(NN)s1)Cc1nccn1C. The number of rotatable bonds is 5. The van der Waals surface area contributed by atoms with E-state index in [1.807, 2.05) is 30.2 Å². The van der Waals surface area contributed by atoms with E-state index in [1.165, 1.54) is 4.88 Å². The van der Waals surface area contributed by atoms with Crippen molar-refractivity contribution in [3.8, 4) is 0 Å². The number of nitrogens with one attached hydrogen (secondary N) is 1. The maximum Gasteiger partial charge on any atom is 0.197 e. The number of hydrogen-bond acceptors (Lipinski definition) is 6. The number of imidazole rings is 1. The van der Waals surface area contributed by atoms with Crippen LogP contribution in [-0.2, 0) is 20.1 Å². The Hall–Kier alpha value is -1.44. The summed E-state index contributed by atoms with van der Waals surface area (Å²) in [4.78, 5) is 11.8. The van der Waals surface area contributed by atoms with Crippen LogP contribution in [0.4, 0.5) is 5.13 Å². The standard InChI is InChI=1S/C10H16N6S/c1-15(7-9-12-3-4-16(9)2)6-8-5-13-10(14-11)17-8/h3-5H,6-7,11H2,1-2H3,(H,13,14). The lowest BCUT2D eigenvalue weighted by molar-refractivity contribution is 0.309. The molecule has 0 aliphatic heterocycles. The van der Waals surface area contributed by atoms with Gasteiger partial charge in [0.25, 0.3) is 0 Å². The van der Waals surface area contributed by atoms with E-state index in [1.54, 1.807) is 11.3 Å². The third-order valence-electron chi connectivity index (χ3n) is 2.44. The van der Waals surface area contributed by atoms with E-state index in [-0.39, 0.29) is 0 Å². The van der Waals surface area contributed by atoms with Gasteiger partial charge in [-0.1, -0.05) is 11.3 Å². The summed E-state index contributed by atoms with van der Waals surface area (Å²) in [6.45, 7) is 1.65. The molecule has 2 heterocycles. The molecule has 0 saturated carbocycles. The number of nitrogen functional groups attached to an aromatic ring is 1. The molecule has 0 aromatic carbocycles. The number of aryl methyl sites for hydroxylation is 1. The van der Waals surface area contributed by atoms with Gasteiger partial charge in [-0.25, -0.2) is 15.8 Å². The highest BCUT2D eigenvalue weighted by Gasteiger charge is 2.07. The molecule has 2 aromatic rings. The van der Waals surface area contributed by atoms with Gasteiger partial charge < -0.3 is 4.57 Å². The third kappa shape index (κ3) is 3.02. The molecule has 0 atom stereocenters. The third-order valence-corrected chi connectivity index (χ3v) is 3.35. The highest BCUT2D eigenvalue weighted by atomic mass is 32.1. The summed E-state index contributed by atoms with van der Waals surface area (Å²) < 4.78 is 2.02. The van der Waals surface area contributed by atoms with Crippen LogP contribution in [0.5, 0.6) is 0 Å². The Morgan fingerprint density at radius 2 is 2.29 bits per heavy atom. The molecule has 0 unspecified atom stereocenters. The number of anilines is 1. The van der Waals surface area contributed by atoms with E-state index in [4.69, 9.17) is 5.84 Å². The van der Waals surface area contributed by atoms with Crippen LogP contribution in [0.3, 0.4) is 0 Å². The van der Waals surface area contributed by atoms with Crippen molar-refractivity contribution in [2.75, 3.05) is 12.5 Å². The van der Waals surface area contributed by atoms with Crippen molar-refractivity contribution in [3.05, 3.63) is 29.3 Å². The van der Waals surface area contributed by atoms with Gasteiger partial charge >= 0.3 is 0 Å². The predicted octanol–water partition coefficient (Wildman–Crippen LogP) is 0.794. The molecule has 3 N–H and O–H groups in total. The topological polar surface area (TPSA) is 72.0 Å². The first-order valence-corrected chi connectivity index (χ1v) is 6.06. The molecular weight excluding hydrogens is 236 g/mol. The molecule has 0 amide bonds. The maximum atomic E-state index is 5.29. The second-order valence-corrected chi connectivity index (χ2v) is 5.02. The minimum atomic E-state index is 0.741. The molecule has 6 nitrogen and oxygen atoms in total. The zero-order valence-electron chi connectivity index (χ0n) is 9.92. The van der Waals surface area contributed by atoms with E-state index in [2.05, 4.69) is 27.3 Å². The van der Waals surface area contributed by atoms with Crippen LogP contribution < -0.4 is 11.3 Å². The van der Waals surface area contributed by atoms with E-state index in [9.17, 15) is 0 Å². The summed E-state index contributed by atoms with van der Waals surface area (Å²) in [5, 5.41) is 0.741. The lowest BCUT2D eigenvalue weighted by Crippen LogP contribution is -2.18. The van der Waals surface area contributed by atoms with Crippen LogP contribution in [0.25, 0.3) is 0 Å². The van der Waals surface area contributed by atoms with Crippen molar-refractivity contribution in [3.63, 3.8) is 0 Å². The zero-order valence-corrected chi connectivity index (χ0v) is 10.7. The van der Waals surface area contributed by atoms with Gasteiger partial charge in [0.15, 0.2) is 5.13 Å². The average Bonchev–Trinajstić information content (AvgIpc) is 2.89. The minimum absolute atomic E-state index is 0.741. The van der Waals surface area contributed by atoms with Crippen molar-refractivity contribution in [1.82, 2.24) is 19.4 Å². The fourth-order valence-electron chi connectivity index (χ4n) is 1.56. The van der Waals surface area contributed by atoms with Crippen LogP contribution in [0.15, 0.2) is 18.6 Å². The number of hydrogen-bond donors (Lipinski definition) is 2. The van der Waals surface area contributed by atoms with E-state index in [0.717, 1.165) is 24.0 Å². The normalized spacial score (nSPS) is 11.1. The van der Waals surface area contributed by atoms with E-state index < -0.39 is 0 Å². The summed E-state index contributed by atoms with van der Waals surface area (Å²) in [5.41, 5.74) is 2.55. The van der Waals surface area contributed by atoms with Gasteiger partial charge in [0.1, 0.15) is 5.82 Å². The lowest BCUT2D eigenvalue weighted by Gasteiger charge is -2.14. The molecule has 92 valence electrons. The van der Waals surface area contributed by atoms with E-state index in [0.29, 0.717) is 0 Å². The summed E-state index contributed by atoms with van der Waals surface area (Å²) in [6, 6.07) is 0.